The third-order valence-corrected chi connectivity index (χ3v) is 5.00. The predicted molar refractivity (Wildman–Crippen MR) is 90.0 cm³/mol. The topological polar surface area (TPSA) is 48.9 Å². The SMILES string of the molecule is CN(C(=O)N1CCOCC1)C1CCN(c2ccc(C(F)(F)F)nc2)CC1. The Labute approximate surface area is 150 Å². The molecule has 2 saturated heterocycles. The zero-order valence-electron chi connectivity index (χ0n) is 14.7. The molecule has 0 aromatic carbocycles. The fourth-order valence-electron chi connectivity index (χ4n) is 3.39. The number of carbonyl (C=O) groups excluding carboxylic acids is 1. The second kappa shape index (κ2) is 7.69. The molecule has 6 nitrogen and oxygen atoms in total. The lowest BCUT2D eigenvalue weighted by atomic mass is 10.0. The minimum Gasteiger partial charge on any atom is -0.378 e. The van der Waals surface area contributed by atoms with Gasteiger partial charge in [0.25, 0.3) is 0 Å². The van der Waals surface area contributed by atoms with Crippen molar-refractivity contribution in [3.8, 4) is 0 Å². The van der Waals surface area contributed by atoms with Gasteiger partial charge in [0, 0.05) is 39.3 Å². The number of piperidine rings is 1. The minimum absolute atomic E-state index is 0.0166. The maximum absolute atomic E-state index is 12.6. The van der Waals surface area contributed by atoms with Crippen LogP contribution in [0.5, 0.6) is 0 Å². The van der Waals surface area contributed by atoms with E-state index in [-0.39, 0.29) is 12.1 Å². The van der Waals surface area contributed by atoms with E-state index in [1.165, 1.54) is 12.3 Å². The van der Waals surface area contributed by atoms with Gasteiger partial charge in [-0.2, -0.15) is 13.2 Å². The number of rotatable bonds is 2. The molecule has 26 heavy (non-hydrogen) atoms. The molecule has 0 N–H and O–H groups in total. The summed E-state index contributed by atoms with van der Waals surface area (Å²) in [6.45, 7) is 3.72. The molecule has 2 amide bonds. The number of hydrogen-bond acceptors (Lipinski definition) is 4. The quantitative estimate of drug-likeness (QED) is 0.800. The maximum atomic E-state index is 12.6. The summed E-state index contributed by atoms with van der Waals surface area (Å²) in [5.41, 5.74) is -0.203. The molecule has 0 saturated carbocycles. The molecule has 144 valence electrons. The number of anilines is 1. The molecule has 1 aromatic rings. The van der Waals surface area contributed by atoms with Gasteiger partial charge in [-0.1, -0.05) is 0 Å². The third kappa shape index (κ3) is 4.20. The van der Waals surface area contributed by atoms with Gasteiger partial charge < -0.3 is 19.4 Å². The van der Waals surface area contributed by atoms with Gasteiger partial charge in [0.1, 0.15) is 5.69 Å². The van der Waals surface area contributed by atoms with Crippen molar-refractivity contribution >= 4 is 11.7 Å². The van der Waals surface area contributed by atoms with Crippen molar-refractivity contribution in [2.45, 2.75) is 25.1 Å². The molecule has 2 aliphatic rings. The predicted octanol–water partition coefficient (Wildman–Crippen LogP) is 2.45. The van der Waals surface area contributed by atoms with Crippen molar-refractivity contribution in [3.63, 3.8) is 0 Å². The molecule has 3 rings (SSSR count). The lowest BCUT2D eigenvalue weighted by Gasteiger charge is -2.40. The lowest BCUT2D eigenvalue weighted by molar-refractivity contribution is -0.141. The molecule has 0 aliphatic carbocycles. The van der Waals surface area contributed by atoms with Crippen LogP contribution < -0.4 is 4.90 Å². The summed E-state index contributed by atoms with van der Waals surface area (Å²) in [6, 6.07) is 2.61. The van der Waals surface area contributed by atoms with Crippen LogP contribution in [0.4, 0.5) is 23.7 Å². The average molecular weight is 372 g/mol. The summed E-state index contributed by atoms with van der Waals surface area (Å²) in [5, 5.41) is 0. The summed E-state index contributed by atoms with van der Waals surface area (Å²) in [4.78, 5) is 21.7. The van der Waals surface area contributed by atoms with E-state index >= 15 is 0 Å². The largest absolute Gasteiger partial charge is 0.433 e. The minimum atomic E-state index is -4.42. The standard InChI is InChI=1S/C17H23F3N4O2/c1-22(16(25)24-8-10-26-11-9-24)13-4-6-23(7-5-13)14-2-3-15(21-12-14)17(18,19)20/h2-3,12-13H,4-11H2,1H3. The van der Waals surface area contributed by atoms with Crippen LogP contribution >= 0.6 is 0 Å². The average Bonchev–Trinajstić information content (AvgIpc) is 2.67. The Morgan fingerprint density at radius 1 is 1.19 bits per heavy atom. The molecule has 2 fully saturated rings. The van der Waals surface area contributed by atoms with Crippen LogP contribution in [0, 0.1) is 0 Å². The van der Waals surface area contributed by atoms with Gasteiger partial charge in [-0.15, -0.1) is 0 Å². The molecule has 0 spiro atoms. The first-order chi connectivity index (χ1) is 12.4. The van der Waals surface area contributed by atoms with Gasteiger partial charge in [-0.25, -0.2) is 9.78 Å². The van der Waals surface area contributed by atoms with Crippen molar-refractivity contribution in [2.75, 3.05) is 51.3 Å². The molecular weight excluding hydrogens is 349 g/mol. The fourth-order valence-corrected chi connectivity index (χ4v) is 3.39. The van der Waals surface area contributed by atoms with Crippen LogP contribution in [0.15, 0.2) is 18.3 Å². The Hall–Kier alpha value is -2.03. The fraction of sp³-hybridized carbons (Fsp3) is 0.647. The van der Waals surface area contributed by atoms with E-state index in [1.807, 2.05) is 11.9 Å². The van der Waals surface area contributed by atoms with Gasteiger partial charge in [0.05, 0.1) is 25.1 Å². The number of halogens is 3. The Bertz CT molecular complexity index is 609. The van der Waals surface area contributed by atoms with Crippen molar-refractivity contribution < 1.29 is 22.7 Å². The van der Waals surface area contributed by atoms with Crippen molar-refractivity contribution in [1.82, 2.24) is 14.8 Å². The summed E-state index contributed by atoms with van der Waals surface area (Å²) in [7, 11) is 1.82. The Morgan fingerprint density at radius 3 is 2.38 bits per heavy atom. The first-order valence-corrected chi connectivity index (χ1v) is 8.74. The second-order valence-electron chi connectivity index (χ2n) is 6.61. The van der Waals surface area contributed by atoms with Gasteiger partial charge in [-0.05, 0) is 25.0 Å². The zero-order chi connectivity index (χ0) is 18.7. The number of amides is 2. The number of aromatic nitrogens is 1. The third-order valence-electron chi connectivity index (χ3n) is 5.00. The molecule has 3 heterocycles. The Kier molecular flexibility index (Phi) is 5.55. The zero-order valence-corrected chi connectivity index (χ0v) is 14.7. The molecule has 9 heteroatoms. The number of hydrogen-bond donors (Lipinski definition) is 0. The summed E-state index contributed by atoms with van der Waals surface area (Å²) < 4.78 is 43.1. The molecule has 1 aromatic heterocycles. The van der Waals surface area contributed by atoms with Crippen LogP contribution in [0.1, 0.15) is 18.5 Å². The van der Waals surface area contributed by atoms with Crippen LogP contribution in [0.2, 0.25) is 0 Å². The lowest BCUT2D eigenvalue weighted by Crippen LogP contribution is -2.52. The highest BCUT2D eigenvalue weighted by molar-refractivity contribution is 5.74. The van der Waals surface area contributed by atoms with E-state index in [4.69, 9.17) is 4.74 Å². The van der Waals surface area contributed by atoms with Gasteiger partial charge >= 0.3 is 12.2 Å². The maximum Gasteiger partial charge on any atom is 0.433 e. The van der Waals surface area contributed by atoms with Gasteiger partial charge in [0.2, 0.25) is 0 Å². The molecule has 0 bridgehead atoms. The highest BCUT2D eigenvalue weighted by Crippen LogP contribution is 2.29. The van der Waals surface area contributed by atoms with E-state index < -0.39 is 11.9 Å². The Balaban J connectivity index is 1.54. The molecule has 0 atom stereocenters. The highest BCUT2D eigenvalue weighted by atomic mass is 19.4. The number of urea groups is 1. The van der Waals surface area contributed by atoms with Crippen LogP contribution in [0.3, 0.4) is 0 Å². The normalized spacial score (nSPS) is 19.5. The number of nitrogens with zero attached hydrogens (tertiary/aromatic N) is 4. The van der Waals surface area contributed by atoms with Gasteiger partial charge in [0.15, 0.2) is 0 Å². The summed E-state index contributed by atoms with van der Waals surface area (Å²) in [6.07, 6.45) is -1.61. The number of alkyl halides is 3. The van der Waals surface area contributed by atoms with E-state index in [1.54, 1.807) is 9.80 Å². The Morgan fingerprint density at radius 2 is 1.85 bits per heavy atom. The molecule has 2 aliphatic heterocycles. The van der Waals surface area contributed by atoms with Crippen molar-refractivity contribution in [3.05, 3.63) is 24.0 Å². The first-order valence-electron chi connectivity index (χ1n) is 8.74. The van der Waals surface area contributed by atoms with E-state index in [0.717, 1.165) is 18.9 Å². The number of pyridine rings is 1. The van der Waals surface area contributed by atoms with Crippen LogP contribution in [0.25, 0.3) is 0 Å². The molecule has 0 unspecified atom stereocenters. The summed E-state index contributed by atoms with van der Waals surface area (Å²) >= 11 is 0. The van der Waals surface area contributed by atoms with Gasteiger partial charge in [-0.3, -0.25) is 0 Å². The van der Waals surface area contributed by atoms with Crippen molar-refractivity contribution in [1.29, 1.82) is 0 Å². The van der Waals surface area contributed by atoms with Crippen LogP contribution in [-0.4, -0.2) is 73.3 Å². The second-order valence-corrected chi connectivity index (χ2v) is 6.61. The van der Waals surface area contributed by atoms with Crippen LogP contribution in [-0.2, 0) is 10.9 Å². The van der Waals surface area contributed by atoms with Crippen molar-refractivity contribution in [2.24, 2.45) is 0 Å². The molecule has 0 radical (unpaired) electrons. The number of ether oxygens (including phenoxy) is 1. The van der Waals surface area contributed by atoms with E-state index in [9.17, 15) is 18.0 Å². The smallest absolute Gasteiger partial charge is 0.378 e. The first kappa shape index (κ1) is 18.8. The summed E-state index contributed by atoms with van der Waals surface area (Å²) in [5.74, 6) is 0. The van der Waals surface area contributed by atoms with E-state index in [2.05, 4.69) is 4.98 Å². The number of carbonyl (C=O) groups is 1. The molecular formula is C17H23F3N4O2. The highest BCUT2D eigenvalue weighted by Gasteiger charge is 2.33. The number of morpholine rings is 1. The van der Waals surface area contributed by atoms with E-state index in [0.29, 0.717) is 45.1 Å². The monoisotopic (exact) mass is 372 g/mol.